The second-order valence-corrected chi connectivity index (χ2v) is 6.40. The molecule has 0 fully saturated rings. The van der Waals surface area contributed by atoms with Crippen molar-refractivity contribution in [2.45, 2.75) is 30.8 Å². The van der Waals surface area contributed by atoms with Gasteiger partial charge in [-0.3, -0.25) is 4.68 Å². The Labute approximate surface area is 114 Å². The third-order valence-corrected chi connectivity index (χ3v) is 4.83. The molecule has 1 aromatic heterocycles. The van der Waals surface area contributed by atoms with Crippen molar-refractivity contribution in [3.63, 3.8) is 0 Å². The van der Waals surface area contributed by atoms with Crippen LogP contribution in [0.3, 0.4) is 0 Å². The maximum atomic E-state index is 12.3. The lowest BCUT2D eigenvalue weighted by Crippen LogP contribution is -2.37. The van der Waals surface area contributed by atoms with Crippen LogP contribution in [0, 0.1) is 0 Å². The lowest BCUT2D eigenvalue weighted by molar-refractivity contribution is 0.149. The molecule has 7 nitrogen and oxygen atoms in total. The predicted molar refractivity (Wildman–Crippen MR) is 72.2 cm³/mol. The molecule has 0 aliphatic heterocycles. The summed E-state index contributed by atoms with van der Waals surface area (Å²) >= 11 is 0. The first-order chi connectivity index (χ1) is 8.93. The number of nitrogens with zero attached hydrogens (tertiary/aromatic N) is 3. The van der Waals surface area contributed by atoms with Gasteiger partial charge in [0.1, 0.15) is 4.90 Å². The number of hydrogen-bond donors (Lipinski definition) is 1. The standard InChI is InChI=1S/C11H22N4O3S/c1-10(9-18-3)14(2)19(16,17)11-7-13-15(8-11)6-4-5-12/h7-8,10H,4-6,9,12H2,1-3H3. The molecule has 1 heterocycles. The molecule has 2 N–H and O–H groups in total. The molecular formula is C11H22N4O3S. The number of ether oxygens (including phenoxy) is 1. The number of methoxy groups -OCH3 is 1. The van der Waals surface area contributed by atoms with E-state index in [0.29, 0.717) is 19.7 Å². The zero-order valence-corrected chi connectivity index (χ0v) is 12.4. The number of hydrogen-bond acceptors (Lipinski definition) is 5. The molecule has 1 atom stereocenters. The van der Waals surface area contributed by atoms with Gasteiger partial charge in [0.2, 0.25) is 10.0 Å². The van der Waals surface area contributed by atoms with Gasteiger partial charge in [-0.05, 0) is 19.9 Å². The number of nitrogens with two attached hydrogens (primary N) is 1. The Kier molecular flexibility index (Phi) is 5.92. The molecule has 19 heavy (non-hydrogen) atoms. The Hall–Kier alpha value is -0.960. The first-order valence-electron chi connectivity index (χ1n) is 6.13. The van der Waals surface area contributed by atoms with E-state index < -0.39 is 10.0 Å². The summed E-state index contributed by atoms with van der Waals surface area (Å²) in [6.45, 7) is 3.30. The predicted octanol–water partition coefficient (Wildman–Crippen LogP) is -0.113. The van der Waals surface area contributed by atoms with Crippen molar-refractivity contribution in [1.82, 2.24) is 14.1 Å². The largest absolute Gasteiger partial charge is 0.383 e. The van der Waals surface area contributed by atoms with Gasteiger partial charge >= 0.3 is 0 Å². The normalized spacial score (nSPS) is 13.9. The van der Waals surface area contributed by atoms with Crippen molar-refractivity contribution in [1.29, 1.82) is 0 Å². The van der Waals surface area contributed by atoms with Crippen molar-refractivity contribution >= 4 is 10.0 Å². The second-order valence-electron chi connectivity index (χ2n) is 4.41. The highest BCUT2D eigenvalue weighted by Gasteiger charge is 2.26. The van der Waals surface area contributed by atoms with E-state index in [-0.39, 0.29) is 10.9 Å². The van der Waals surface area contributed by atoms with Crippen LogP contribution in [0.25, 0.3) is 0 Å². The van der Waals surface area contributed by atoms with E-state index in [1.807, 2.05) is 0 Å². The lowest BCUT2D eigenvalue weighted by atomic mass is 10.4. The van der Waals surface area contributed by atoms with Crippen LogP contribution >= 0.6 is 0 Å². The molecule has 0 amide bonds. The summed E-state index contributed by atoms with van der Waals surface area (Å²) in [6, 6.07) is -0.234. The van der Waals surface area contributed by atoms with Gasteiger partial charge in [0.05, 0.1) is 12.8 Å². The fourth-order valence-corrected chi connectivity index (χ4v) is 2.91. The minimum absolute atomic E-state index is 0.190. The highest BCUT2D eigenvalue weighted by molar-refractivity contribution is 7.89. The first kappa shape index (κ1) is 16.1. The molecule has 0 bridgehead atoms. The van der Waals surface area contributed by atoms with Crippen molar-refractivity contribution in [3.8, 4) is 0 Å². The highest BCUT2D eigenvalue weighted by atomic mass is 32.2. The maximum absolute atomic E-state index is 12.3. The molecule has 1 aromatic rings. The van der Waals surface area contributed by atoms with E-state index in [1.54, 1.807) is 18.7 Å². The Balaban J connectivity index is 2.84. The van der Waals surface area contributed by atoms with Crippen molar-refractivity contribution in [3.05, 3.63) is 12.4 Å². The van der Waals surface area contributed by atoms with Crippen LogP contribution in [0.5, 0.6) is 0 Å². The quantitative estimate of drug-likeness (QED) is 0.721. The van der Waals surface area contributed by atoms with Crippen molar-refractivity contribution in [2.75, 3.05) is 27.3 Å². The number of aromatic nitrogens is 2. The fraction of sp³-hybridized carbons (Fsp3) is 0.727. The molecule has 1 unspecified atom stereocenters. The Morgan fingerprint density at radius 1 is 1.58 bits per heavy atom. The average molecular weight is 290 g/mol. The van der Waals surface area contributed by atoms with Gasteiger partial charge in [-0.2, -0.15) is 9.40 Å². The van der Waals surface area contributed by atoms with E-state index in [9.17, 15) is 8.42 Å². The van der Waals surface area contributed by atoms with Crippen LogP contribution in [0.4, 0.5) is 0 Å². The van der Waals surface area contributed by atoms with Crippen molar-refractivity contribution in [2.24, 2.45) is 5.73 Å². The average Bonchev–Trinajstić information content (AvgIpc) is 2.85. The lowest BCUT2D eigenvalue weighted by Gasteiger charge is -2.22. The number of aryl methyl sites for hydroxylation is 1. The van der Waals surface area contributed by atoms with Gasteiger partial charge in [-0.1, -0.05) is 0 Å². The summed E-state index contributed by atoms with van der Waals surface area (Å²) in [5.41, 5.74) is 5.41. The zero-order chi connectivity index (χ0) is 14.5. The van der Waals surface area contributed by atoms with Gasteiger partial charge < -0.3 is 10.5 Å². The molecule has 0 spiro atoms. The fourth-order valence-electron chi connectivity index (χ4n) is 1.60. The monoisotopic (exact) mass is 290 g/mol. The Morgan fingerprint density at radius 2 is 2.26 bits per heavy atom. The topological polar surface area (TPSA) is 90.5 Å². The summed E-state index contributed by atoms with van der Waals surface area (Å²) in [4.78, 5) is 0.190. The van der Waals surface area contributed by atoms with E-state index in [2.05, 4.69) is 5.10 Å². The van der Waals surface area contributed by atoms with Crippen LogP contribution < -0.4 is 5.73 Å². The smallest absolute Gasteiger partial charge is 0.246 e. The highest BCUT2D eigenvalue weighted by Crippen LogP contribution is 2.15. The number of rotatable bonds is 8. The van der Waals surface area contributed by atoms with Gasteiger partial charge in [0, 0.05) is 32.9 Å². The van der Waals surface area contributed by atoms with Gasteiger partial charge in [-0.15, -0.1) is 0 Å². The minimum Gasteiger partial charge on any atom is -0.383 e. The van der Waals surface area contributed by atoms with Gasteiger partial charge in [0.15, 0.2) is 0 Å². The zero-order valence-electron chi connectivity index (χ0n) is 11.6. The van der Waals surface area contributed by atoms with Gasteiger partial charge in [-0.25, -0.2) is 8.42 Å². The third-order valence-electron chi connectivity index (χ3n) is 2.91. The molecular weight excluding hydrogens is 268 g/mol. The molecule has 8 heteroatoms. The van der Waals surface area contributed by atoms with Gasteiger partial charge in [0.25, 0.3) is 0 Å². The van der Waals surface area contributed by atoms with E-state index in [0.717, 1.165) is 6.42 Å². The van der Waals surface area contributed by atoms with E-state index in [4.69, 9.17) is 10.5 Å². The third kappa shape index (κ3) is 4.00. The molecule has 0 aliphatic rings. The number of sulfonamides is 1. The molecule has 0 radical (unpaired) electrons. The SMILES string of the molecule is COCC(C)N(C)S(=O)(=O)c1cnn(CCCN)c1. The summed E-state index contributed by atoms with van der Waals surface area (Å²) < 4.78 is 32.5. The molecule has 0 saturated heterocycles. The van der Waals surface area contributed by atoms with Crippen LogP contribution in [-0.4, -0.2) is 55.9 Å². The summed E-state index contributed by atoms with van der Waals surface area (Å²) in [5, 5.41) is 4.03. The maximum Gasteiger partial charge on any atom is 0.246 e. The second kappa shape index (κ2) is 6.99. The van der Waals surface area contributed by atoms with Crippen LogP contribution in [0.15, 0.2) is 17.3 Å². The first-order valence-corrected chi connectivity index (χ1v) is 7.57. The summed E-state index contributed by atoms with van der Waals surface area (Å²) in [7, 11) is -0.444. The molecule has 0 saturated carbocycles. The molecule has 0 aliphatic carbocycles. The molecule has 0 aromatic carbocycles. The van der Waals surface area contributed by atoms with Crippen LogP contribution in [0.1, 0.15) is 13.3 Å². The summed E-state index contributed by atoms with van der Waals surface area (Å²) in [5.74, 6) is 0. The molecule has 1 rings (SSSR count). The molecule has 110 valence electrons. The van der Waals surface area contributed by atoms with Crippen LogP contribution in [0.2, 0.25) is 0 Å². The Bertz CT molecular complexity index is 486. The Morgan fingerprint density at radius 3 is 2.84 bits per heavy atom. The van der Waals surface area contributed by atoms with E-state index in [1.165, 1.54) is 23.7 Å². The minimum atomic E-state index is -3.53. The van der Waals surface area contributed by atoms with E-state index >= 15 is 0 Å². The van der Waals surface area contributed by atoms with Crippen LogP contribution in [-0.2, 0) is 21.3 Å². The van der Waals surface area contributed by atoms with Crippen molar-refractivity contribution < 1.29 is 13.2 Å². The number of likely N-dealkylation sites (N-methyl/N-ethyl adjacent to an activating group) is 1. The summed E-state index contributed by atoms with van der Waals surface area (Å²) in [6.07, 6.45) is 3.65.